The molecule has 2 aromatic rings. The lowest BCUT2D eigenvalue weighted by Gasteiger charge is -2.36. The fraction of sp³-hybridized carbons (Fsp3) is 0.625. The third kappa shape index (κ3) is 3.97. The first kappa shape index (κ1) is 17.8. The molecule has 4 heterocycles. The smallest absolute Gasteiger partial charge is 0.246 e. The molecule has 0 amide bonds. The minimum atomic E-state index is 0. The Labute approximate surface area is 152 Å². The largest absolute Gasteiger partial charge is 0.378 e. The van der Waals surface area contributed by atoms with Crippen LogP contribution in [0, 0.1) is 5.92 Å². The van der Waals surface area contributed by atoms with Crippen molar-refractivity contribution in [2.24, 2.45) is 5.92 Å². The second-order valence-corrected chi connectivity index (χ2v) is 7.16. The van der Waals surface area contributed by atoms with Gasteiger partial charge in [0, 0.05) is 13.1 Å². The number of ether oxygens (including phenoxy) is 1. The van der Waals surface area contributed by atoms with Gasteiger partial charge in [-0.25, -0.2) is 0 Å². The first-order chi connectivity index (χ1) is 11.4. The summed E-state index contributed by atoms with van der Waals surface area (Å²) in [7, 11) is 0. The predicted molar refractivity (Wildman–Crippen MR) is 95.6 cm³/mol. The summed E-state index contributed by atoms with van der Waals surface area (Å²) >= 11 is 1.63. The van der Waals surface area contributed by atoms with E-state index in [2.05, 4.69) is 20.4 Å². The SMILES string of the molecule is Cl.c1csc(-c2noc(C3COCCN3CC3CCNCC3)n2)c1. The molecule has 1 atom stereocenters. The molecule has 4 rings (SSSR count). The van der Waals surface area contributed by atoms with Crippen molar-refractivity contribution in [1.82, 2.24) is 20.4 Å². The molecule has 6 nitrogen and oxygen atoms in total. The zero-order valence-electron chi connectivity index (χ0n) is 13.5. The molecule has 0 aromatic carbocycles. The number of nitrogens with zero attached hydrogens (tertiary/aromatic N) is 3. The van der Waals surface area contributed by atoms with Crippen molar-refractivity contribution in [3.63, 3.8) is 0 Å². The predicted octanol–water partition coefficient (Wildman–Crippen LogP) is 2.59. The van der Waals surface area contributed by atoms with Gasteiger partial charge in [-0.3, -0.25) is 4.90 Å². The van der Waals surface area contributed by atoms with Crippen LogP contribution >= 0.6 is 23.7 Å². The summed E-state index contributed by atoms with van der Waals surface area (Å²) in [5.41, 5.74) is 0. The molecule has 0 saturated carbocycles. The Kier molecular flexibility index (Phi) is 6.24. The molecule has 1 N–H and O–H groups in total. The number of morpholine rings is 1. The van der Waals surface area contributed by atoms with Gasteiger partial charge in [0.25, 0.3) is 0 Å². The standard InChI is InChI=1S/C16H22N4O2S.ClH/c1-2-14(23-9-1)15-18-16(22-19-15)13-11-21-8-7-20(13)10-12-3-5-17-6-4-12;/h1-2,9,12-13,17H,3-8,10-11H2;1H. The summed E-state index contributed by atoms with van der Waals surface area (Å²) in [5, 5.41) is 9.60. The van der Waals surface area contributed by atoms with Crippen LogP contribution in [0.1, 0.15) is 24.8 Å². The van der Waals surface area contributed by atoms with E-state index in [-0.39, 0.29) is 18.4 Å². The Hall–Kier alpha value is -0.990. The van der Waals surface area contributed by atoms with Crippen LogP contribution in [-0.2, 0) is 4.74 Å². The van der Waals surface area contributed by atoms with Gasteiger partial charge in [-0.05, 0) is 43.3 Å². The molecule has 24 heavy (non-hydrogen) atoms. The van der Waals surface area contributed by atoms with Crippen LogP contribution in [0.2, 0.25) is 0 Å². The highest BCUT2D eigenvalue weighted by atomic mass is 35.5. The highest BCUT2D eigenvalue weighted by molar-refractivity contribution is 7.13. The van der Waals surface area contributed by atoms with Gasteiger partial charge < -0.3 is 14.6 Å². The van der Waals surface area contributed by atoms with Crippen LogP contribution < -0.4 is 5.32 Å². The minimum absolute atomic E-state index is 0. The summed E-state index contributed by atoms with van der Waals surface area (Å²) in [5.74, 6) is 2.11. The van der Waals surface area contributed by atoms with E-state index in [4.69, 9.17) is 9.26 Å². The molecule has 0 bridgehead atoms. The molecule has 2 saturated heterocycles. The Morgan fingerprint density at radius 1 is 1.33 bits per heavy atom. The highest BCUT2D eigenvalue weighted by Gasteiger charge is 2.31. The second kappa shape index (κ2) is 8.40. The van der Waals surface area contributed by atoms with Crippen LogP contribution in [-0.4, -0.2) is 54.4 Å². The number of thiophene rings is 1. The van der Waals surface area contributed by atoms with Crippen molar-refractivity contribution in [2.75, 3.05) is 39.4 Å². The molecule has 0 spiro atoms. The van der Waals surface area contributed by atoms with Gasteiger partial charge in [-0.15, -0.1) is 23.7 Å². The Balaban J connectivity index is 0.00000169. The average molecular weight is 371 g/mol. The average Bonchev–Trinajstić information content (AvgIpc) is 3.28. The van der Waals surface area contributed by atoms with E-state index >= 15 is 0 Å². The van der Waals surface area contributed by atoms with Gasteiger partial charge in [-0.1, -0.05) is 11.2 Å². The topological polar surface area (TPSA) is 63.4 Å². The first-order valence-corrected chi connectivity index (χ1v) is 9.18. The van der Waals surface area contributed by atoms with E-state index < -0.39 is 0 Å². The summed E-state index contributed by atoms with van der Waals surface area (Å²) in [4.78, 5) is 8.13. The lowest BCUT2D eigenvalue weighted by Crippen LogP contribution is -2.44. The van der Waals surface area contributed by atoms with Crippen molar-refractivity contribution in [3.05, 3.63) is 23.4 Å². The molecule has 2 fully saturated rings. The maximum absolute atomic E-state index is 5.68. The first-order valence-electron chi connectivity index (χ1n) is 8.30. The monoisotopic (exact) mass is 370 g/mol. The van der Waals surface area contributed by atoms with E-state index in [9.17, 15) is 0 Å². The summed E-state index contributed by atoms with van der Waals surface area (Å²) in [6.45, 7) is 5.70. The van der Waals surface area contributed by atoms with Crippen LogP contribution in [0.3, 0.4) is 0 Å². The zero-order valence-corrected chi connectivity index (χ0v) is 15.2. The lowest BCUT2D eigenvalue weighted by molar-refractivity contribution is -0.0282. The van der Waals surface area contributed by atoms with E-state index in [0.717, 1.165) is 43.6 Å². The Bertz CT molecular complexity index is 615. The minimum Gasteiger partial charge on any atom is -0.378 e. The quantitative estimate of drug-likeness (QED) is 0.892. The van der Waals surface area contributed by atoms with Gasteiger partial charge in [-0.2, -0.15) is 4.98 Å². The van der Waals surface area contributed by atoms with E-state index in [1.807, 2.05) is 17.5 Å². The van der Waals surface area contributed by atoms with Crippen molar-refractivity contribution in [1.29, 1.82) is 0 Å². The van der Waals surface area contributed by atoms with Crippen LogP contribution in [0.15, 0.2) is 22.0 Å². The fourth-order valence-electron chi connectivity index (χ4n) is 3.36. The molecule has 2 aliphatic rings. The summed E-state index contributed by atoms with van der Waals surface area (Å²) in [6.07, 6.45) is 2.49. The maximum Gasteiger partial charge on any atom is 0.246 e. The normalized spacial score (nSPS) is 23.1. The van der Waals surface area contributed by atoms with E-state index in [0.29, 0.717) is 18.3 Å². The maximum atomic E-state index is 5.68. The third-order valence-electron chi connectivity index (χ3n) is 4.66. The van der Waals surface area contributed by atoms with Crippen LogP contribution in [0.4, 0.5) is 0 Å². The molecule has 132 valence electrons. The van der Waals surface area contributed by atoms with Gasteiger partial charge in [0.1, 0.15) is 6.04 Å². The number of piperidine rings is 1. The van der Waals surface area contributed by atoms with Gasteiger partial charge in [0.2, 0.25) is 11.7 Å². The van der Waals surface area contributed by atoms with Crippen molar-refractivity contribution < 1.29 is 9.26 Å². The van der Waals surface area contributed by atoms with Crippen molar-refractivity contribution in [2.45, 2.75) is 18.9 Å². The molecule has 1 unspecified atom stereocenters. The molecule has 8 heteroatoms. The highest BCUT2D eigenvalue weighted by Crippen LogP contribution is 2.28. The summed E-state index contributed by atoms with van der Waals surface area (Å²) < 4.78 is 11.2. The summed E-state index contributed by atoms with van der Waals surface area (Å²) in [6, 6.07) is 4.10. The lowest BCUT2D eigenvalue weighted by atomic mass is 9.96. The van der Waals surface area contributed by atoms with Gasteiger partial charge >= 0.3 is 0 Å². The van der Waals surface area contributed by atoms with E-state index in [1.54, 1.807) is 11.3 Å². The fourth-order valence-corrected chi connectivity index (χ4v) is 4.01. The Morgan fingerprint density at radius 2 is 2.21 bits per heavy atom. The second-order valence-electron chi connectivity index (χ2n) is 6.21. The molecule has 2 aromatic heterocycles. The molecule has 0 aliphatic carbocycles. The van der Waals surface area contributed by atoms with Crippen LogP contribution in [0.25, 0.3) is 10.7 Å². The molecular weight excluding hydrogens is 348 g/mol. The van der Waals surface area contributed by atoms with Crippen LogP contribution in [0.5, 0.6) is 0 Å². The third-order valence-corrected chi connectivity index (χ3v) is 5.52. The van der Waals surface area contributed by atoms with E-state index in [1.165, 1.54) is 12.8 Å². The zero-order chi connectivity index (χ0) is 15.5. The van der Waals surface area contributed by atoms with Crippen molar-refractivity contribution >= 4 is 23.7 Å². The number of hydrogen-bond donors (Lipinski definition) is 1. The number of rotatable bonds is 4. The number of nitrogens with one attached hydrogen (secondary N) is 1. The Morgan fingerprint density at radius 3 is 3.00 bits per heavy atom. The molecular formula is C16H23ClN4O2S. The number of halogens is 1. The van der Waals surface area contributed by atoms with Gasteiger partial charge in [0.15, 0.2) is 0 Å². The number of hydrogen-bond acceptors (Lipinski definition) is 7. The molecule has 0 radical (unpaired) electrons. The van der Waals surface area contributed by atoms with Crippen molar-refractivity contribution in [3.8, 4) is 10.7 Å². The molecule has 2 aliphatic heterocycles. The van der Waals surface area contributed by atoms with Gasteiger partial charge in [0.05, 0.1) is 18.1 Å². The number of aromatic nitrogens is 2.